The fourth-order valence-electron chi connectivity index (χ4n) is 3.04. The molecular formula is C23H25NO8. The van der Waals surface area contributed by atoms with Gasteiger partial charge in [-0.15, -0.1) is 0 Å². The molecule has 2 aromatic carbocycles. The third-order valence-corrected chi connectivity index (χ3v) is 4.72. The number of carbonyl (C=O) groups excluding carboxylic acids is 3. The van der Waals surface area contributed by atoms with Crippen LogP contribution in [0.4, 0.5) is 0 Å². The fraction of sp³-hybridized carbons (Fsp3) is 0.348. The van der Waals surface area contributed by atoms with Crippen molar-refractivity contribution in [3.8, 4) is 23.0 Å². The van der Waals surface area contributed by atoms with E-state index < -0.39 is 18.5 Å². The summed E-state index contributed by atoms with van der Waals surface area (Å²) in [5.41, 5.74) is 1.22. The highest BCUT2D eigenvalue weighted by atomic mass is 16.6. The average molecular weight is 443 g/mol. The Bertz CT molecular complexity index is 988. The third kappa shape index (κ3) is 6.13. The van der Waals surface area contributed by atoms with Gasteiger partial charge in [-0.2, -0.15) is 0 Å². The van der Waals surface area contributed by atoms with Gasteiger partial charge in [-0.05, 0) is 35.9 Å². The van der Waals surface area contributed by atoms with Gasteiger partial charge >= 0.3 is 5.97 Å². The molecule has 1 amide bonds. The minimum atomic E-state index is -0.628. The van der Waals surface area contributed by atoms with Crippen molar-refractivity contribution in [1.82, 2.24) is 5.32 Å². The lowest BCUT2D eigenvalue weighted by Gasteiger charge is -2.18. The molecule has 0 bridgehead atoms. The molecule has 1 aliphatic rings. The summed E-state index contributed by atoms with van der Waals surface area (Å²) in [5.74, 6) is 0.929. The predicted octanol–water partition coefficient (Wildman–Crippen LogP) is 2.30. The maximum Gasteiger partial charge on any atom is 0.306 e. The number of ketones is 1. The van der Waals surface area contributed by atoms with E-state index in [1.165, 1.54) is 14.2 Å². The summed E-state index contributed by atoms with van der Waals surface area (Å²) in [6.07, 6.45) is -0.165. The predicted molar refractivity (Wildman–Crippen MR) is 113 cm³/mol. The molecule has 0 saturated heterocycles. The highest BCUT2D eigenvalue weighted by Gasteiger charge is 2.16. The van der Waals surface area contributed by atoms with E-state index in [0.717, 1.165) is 5.56 Å². The van der Waals surface area contributed by atoms with Gasteiger partial charge in [0.1, 0.15) is 13.2 Å². The number of amides is 1. The minimum Gasteiger partial charge on any atom is -0.493 e. The monoisotopic (exact) mass is 443 g/mol. The molecule has 0 unspecified atom stereocenters. The number of hydrogen-bond donors (Lipinski definition) is 1. The summed E-state index contributed by atoms with van der Waals surface area (Å²) in [6.45, 7) is 0.697. The fourth-order valence-corrected chi connectivity index (χ4v) is 3.04. The molecule has 0 aromatic heterocycles. The van der Waals surface area contributed by atoms with Gasteiger partial charge in [0.05, 0.1) is 20.6 Å². The first-order valence-corrected chi connectivity index (χ1v) is 10.1. The number of nitrogens with one attached hydrogen (secondary N) is 1. The molecular weight excluding hydrogens is 418 g/mol. The second kappa shape index (κ2) is 11.0. The Balaban J connectivity index is 1.39. The first-order valence-electron chi connectivity index (χ1n) is 10.1. The second-order valence-electron chi connectivity index (χ2n) is 6.91. The van der Waals surface area contributed by atoms with Crippen molar-refractivity contribution in [1.29, 1.82) is 0 Å². The molecule has 0 saturated carbocycles. The number of esters is 1. The summed E-state index contributed by atoms with van der Waals surface area (Å²) < 4.78 is 26.2. The molecule has 3 rings (SSSR count). The number of benzene rings is 2. The number of Topliss-reactive ketones (excluding diaryl/α,β-unsaturated/α-hetero) is 1. The van der Waals surface area contributed by atoms with E-state index in [4.69, 9.17) is 23.7 Å². The van der Waals surface area contributed by atoms with Crippen LogP contribution in [-0.4, -0.2) is 51.7 Å². The lowest BCUT2D eigenvalue weighted by molar-refractivity contribution is -0.148. The summed E-state index contributed by atoms with van der Waals surface area (Å²) in [5, 5.41) is 2.66. The summed E-state index contributed by atoms with van der Waals surface area (Å²) in [6, 6.07) is 10.2. The Hall–Kier alpha value is -3.75. The van der Waals surface area contributed by atoms with E-state index in [0.29, 0.717) is 41.8 Å². The second-order valence-corrected chi connectivity index (χ2v) is 6.91. The van der Waals surface area contributed by atoms with Crippen LogP contribution >= 0.6 is 0 Å². The molecule has 0 aliphatic carbocycles. The summed E-state index contributed by atoms with van der Waals surface area (Å²) in [4.78, 5) is 36.2. The number of ether oxygens (including phenoxy) is 5. The molecule has 32 heavy (non-hydrogen) atoms. The molecule has 1 heterocycles. The SMILES string of the molecule is COc1ccc(CNC(=O)COC(=O)CCC(=O)c2ccc3c(c2)OCCO3)cc1OC. The molecule has 1 aliphatic heterocycles. The number of fused-ring (bicyclic) bond motifs is 1. The van der Waals surface area contributed by atoms with Gasteiger partial charge < -0.3 is 29.0 Å². The molecule has 2 aromatic rings. The Kier molecular flexibility index (Phi) is 7.91. The lowest BCUT2D eigenvalue weighted by Crippen LogP contribution is -2.28. The first kappa shape index (κ1) is 22.9. The van der Waals surface area contributed by atoms with Crippen molar-refractivity contribution < 1.29 is 38.1 Å². The van der Waals surface area contributed by atoms with E-state index >= 15 is 0 Å². The van der Waals surface area contributed by atoms with Crippen molar-refractivity contribution in [3.63, 3.8) is 0 Å². The van der Waals surface area contributed by atoms with Crippen LogP contribution in [0.1, 0.15) is 28.8 Å². The van der Waals surface area contributed by atoms with Crippen LogP contribution in [0.25, 0.3) is 0 Å². The Labute approximate surface area is 185 Å². The van der Waals surface area contributed by atoms with E-state index in [1.807, 2.05) is 0 Å². The van der Waals surface area contributed by atoms with E-state index in [1.54, 1.807) is 36.4 Å². The average Bonchev–Trinajstić information content (AvgIpc) is 2.84. The van der Waals surface area contributed by atoms with Crippen molar-refractivity contribution in [2.45, 2.75) is 19.4 Å². The standard InChI is InChI=1S/C23H25NO8/c1-28-18-6-3-15(11-20(18)29-2)13-24-22(26)14-32-23(27)8-5-17(25)16-4-7-19-21(12-16)31-10-9-30-19/h3-4,6-7,11-12H,5,8-10,13-14H2,1-2H3,(H,24,26). The lowest BCUT2D eigenvalue weighted by atomic mass is 10.1. The van der Waals surface area contributed by atoms with Crippen LogP contribution in [-0.2, 0) is 20.9 Å². The van der Waals surface area contributed by atoms with Crippen molar-refractivity contribution in [2.75, 3.05) is 34.0 Å². The van der Waals surface area contributed by atoms with E-state index in [2.05, 4.69) is 5.32 Å². The quantitative estimate of drug-likeness (QED) is 0.440. The third-order valence-electron chi connectivity index (χ3n) is 4.72. The van der Waals surface area contributed by atoms with Crippen LogP contribution in [0.5, 0.6) is 23.0 Å². The first-order chi connectivity index (χ1) is 15.5. The minimum absolute atomic E-state index is 0.0360. The van der Waals surface area contributed by atoms with Crippen LogP contribution < -0.4 is 24.3 Å². The number of methoxy groups -OCH3 is 2. The Morgan fingerprint density at radius 2 is 1.66 bits per heavy atom. The Morgan fingerprint density at radius 1 is 0.906 bits per heavy atom. The van der Waals surface area contributed by atoms with Gasteiger partial charge in [0, 0.05) is 18.5 Å². The highest BCUT2D eigenvalue weighted by molar-refractivity contribution is 5.98. The van der Waals surface area contributed by atoms with Gasteiger partial charge in [0.25, 0.3) is 5.91 Å². The maximum atomic E-state index is 12.3. The Morgan fingerprint density at radius 3 is 2.41 bits per heavy atom. The molecule has 9 heteroatoms. The van der Waals surface area contributed by atoms with Crippen LogP contribution in [0.3, 0.4) is 0 Å². The van der Waals surface area contributed by atoms with Crippen molar-refractivity contribution in [3.05, 3.63) is 47.5 Å². The molecule has 0 radical (unpaired) electrons. The zero-order chi connectivity index (χ0) is 22.9. The highest BCUT2D eigenvalue weighted by Crippen LogP contribution is 2.31. The normalized spacial score (nSPS) is 11.9. The molecule has 0 atom stereocenters. The summed E-state index contributed by atoms with van der Waals surface area (Å²) >= 11 is 0. The zero-order valence-electron chi connectivity index (χ0n) is 18.0. The number of carbonyl (C=O) groups is 3. The van der Waals surface area contributed by atoms with Crippen molar-refractivity contribution in [2.24, 2.45) is 0 Å². The zero-order valence-corrected chi connectivity index (χ0v) is 18.0. The van der Waals surface area contributed by atoms with Gasteiger partial charge in [-0.3, -0.25) is 14.4 Å². The van der Waals surface area contributed by atoms with Gasteiger partial charge in [-0.1, -0.05) is 6.07 Å². The summed E-state index contributed by atoms with van der Waals surface area (Å²) in [7, 11) is 3.07. The van der Waals surface area contributed by atoms with E-state index in [-0.39, 0.29) is 25.2 Å². The maximum absolute atomic E-state index is 12.3. The van der Waals surface area contributed by atoms with Gasteiger partial charge in [0.15, 0.2) is 35.4 Å². The van der Waals surface area contributed by atoms with Gasteiger partial charge in [-0.25, -0.2) is 0 Å². The molecule has 170 valence electrons. The van der Waals surface area contributed by atoms with Gasteiger partial charge in [0.2, 0.25) is 0 Å². The van der Waals surface area contributed by atoms with Crippen LogP contribution in [0, 0.1) is 0 Å². The molecule has 0 spiro atoms. The topological polar surface area (TPSA) is 109 Å². The van der Waals surface area contributed by atoms with E-state index in [9.17, 15) is 14.4 Å². The van der Waals surface area contributed by atoms with Crippen LogP contribution in [0.15, 0.2) is 36.4 Å². The number of hydrogen-bond acceptors (Lipinski definition) is 8. The van der Waals surface area contributed by atoms with Crippen molar-refractivity contribution >= 4 is 17.7 Å². The number of rotatable bonds is 10. The molecule has 0 fully saturated rings. The molecule has 9 nitrogen and oxygen atoms in total. The van der Waals surface area contributed by atoms with Crippen LogP contribution in [0.2, 0.25) is 0 Å². The molecule has 1 N–H and O–H groups in total. The smallest absolute Gasteiger partial charge is 0.306 e. The largest absolute Gasteiger partial charge is 0.493 e.